The lowest BCUT2D eigenvalue weighted by atomic mass is 10.1. The molecule has 0 aromatic carbocycles. The van der Waals surface area contributed by atoms with Crippen LogP contribution in [-0.2, 0) is 9.47 Å². The zero-order chi connectivity index (χ0) is 16.9. The molecule has 1 unspecified atom stereocenters. The number of rotatable bonds is 11. The monoisotopic (exact) mass is 456 g/mol. The van der Waals surface area contributed by atoms with Crippen molar-refractivity contribution in [1.29, 1.82) is 0 Å². The van der Waals surface area contributed by atoms with Gasteiger partial charge in [-0.05, 0) is 31.7 Å². The number of nitrogens with zero attached hydrogens (tertiary/aromatic N) is 2. The maximum atomic E-state index is 5.61. The molecule has 0 amide bonds. The Morgan fingerprint density at radius 2 is 2.04 bits per heavy atom. The first-order valence-electron chi connectivity index (χ1n) is 8.92. The highest BCUT2D eigenvalue weighted by Gasteiger charge is 2.23. The lowest BCUT2D eigenvalue weighted by molar-refractivity contribution is 0.128. The number of hydrogen-bond donors (Lipinski definition) is 2. The van der Waals surface area contributed by atoms with Gasteiger partial charge in [-0.3, -0.25) is 9.89 Å². The van der Waals surface area contributed by atoms with Crippen LogP contribution in [0.25, 0.3) is 0 Å². The predicted molar refractivity (Wildman–Crippen MR) is 112 cm³/mol. The highest BCUT2D eigenvalue weighted by Crippen LogP contribution is 2.15. The van der Waals surface area contributed by atoms with Crippen molar-refractivity contribution in [1.82, 2.24) is 15.5 Å². The summed E-state index contributed by atoms with van der Waals surface area (Å²) in [7, 11) is 3.57. The van der Waals surface area contributed by atoms with Crippen LogP contribution in [0, 0.1) is 5.92 Å². The van der Waals surface area contributed by atoms with E-state index in [0.29, 0.717) is 12.0 Å². The van der Waals surface area contributed by atoms with Crippen LogP contribution in [0.2, 0.25) is 0 Å². The Bertz CT molecular complexity index is 330. The molecule has 0 bridgehead atoms. The number of ether oxygens (including phenoxy) is 2. The molecule has 0 aromatic rings. The quantitative estimate of drug-likeness (QED) is 0.216. The van der Waals surface area contributed by atoms with Crippen molar-refractivity contribution in [2.45, 2.75) is 39.2 Å². The Balaban J connectivity index is 0.00000529. The van der Waals surface area contributed by atoms with Gasteiger partial charge in [0.25, 0.3) is 0 Å². The van der Waals surface area contributed by atoms with Crippen molar-refractivity contribution >= 4 is 29.9 Å². The summed E-state index contributed by atoms with van der Waals surface area (Å²) < 4.78 is 10.8. The molecule has 24 heavy (non-hydrogen) atoms. The van der Waals surface area contributed by atoms with E-state index in [1.54, 1.807) is 7.11 Å². The minimum Gasteiger partial charge on any atom is -0.383 e. The third kappa shape index (κ3) is 10.7. The molecule has 0 saturated carbocycles. The van der Waals surface area contributed by atoms with E-state index in [-0.39, 0.29) is 24.0 Å². The summed E-state index contributed by atoms with van der Waals surface area (Å²) in [6.07, 6.45) is 3.63. The van der Waals surface area contributed by atoms with Gasteiger partial charge in [-0.25, -0.2) is 0 Å². The Hall–Kier alpha value is -0.120. The number of methoxy groups -OCH3 is 1. The average molecular weight is 456 g/mol. The smallest absolute Gasteiger partial charge is 0.191 e. The van der Waals surface area contributed by atoms with E-state index < -0.39 is 0 Å². The standard InChI is InChI=1S/C17H36N4O2.HI/c1-15(2)7-11-23-12-8-19-17(18-3)20-14-16-6-5-9-21(16)10-13-22-4;/h15-16H,5-14H2,1-4H3,(H2,18,19,20);1H. The maximum absolute atomic E-state index is 5.61. The third-order valence-corrected chi connectivity index (χ3v) is 4.19. The number of halogens is 1. The van der Waals surface area contributed by atoms with Crippen molar-refractivity contribution in [2.24, 2.45) is 10.9 Å². The zero-order valence-corrected chi connectivity index (χ0v) is 18.2. The first-order valence-corrected chi connectivity index (χ1v) is 8.92. The van der Waals surface area contributed by atoms with Crippen molar-refractivity contribution in [3.05, 3.63) is 0 Å². The van der Waals surface area contributed by atoms with E-state index >= 15 is 0 Å². The molecule has 0 aromatic heterocycles. The van der Waals surface area contributed by atoms with Crippen LogP contribution in [0.4, 0.5) is 0 Å². The highest BCUT2D eigenvalue weighted by molar-refractivity contribution is 14.0. The molecular formula is C17H37IN4O2. The molecule has 0 spiro atoms. The van der Waals surface area contributed by atoms with Gasteiger partial charge in [0, 0.05) is 46.4 Å². The van der Waals surface area contributed by atoms with E-state index in [9.17, 15) is 0 Å². The van der Waals surface area contributed by atoms with Gasteiger partial charge < -0.3 is 20.1 Å². The normalized spacial score (nSPS) is 18.7. The summed E-state index contributed by atoms with van der Waals surface area (Å²) in [6, 6.07) is 0.575. The van der Waals surface area contributed by atoms with Crippen LogP contribution >= 0.6 is 24.0 Å². The molecule has 144 valence electrons. The van der Waals surface area contributed by atoms with E-state index in [4.69, 9.17) is 9.47 Å². The van der Waals surface area contributed by atoms with Gasteiger partial charge >= 0.3 is 0 Å². The van der Waals surface area contributed by atoms with Crippen LogP contribution < -0.4 is 10.6 Å². The Kier molecular flexibility index (Phi) is 15.1. The summed E-state index contributed by atoms with van der Waals surface area (Å²) in [5, 5.41) is 6.74. The predicted octanol–water partition coefficient (Wildman–Crippen LogP) is 1.94. The number of guanidine groups is 1. The second-order valence-electron chi connectivity index (χ2n) is 6.50. The van der Waals surface area contributed by atoms with Gasteiger partial charge in [-0.1, -0.05) is 13.8 Å². The van der Waals surface area contributed by atoms with Gasteiger partial charge in [-0.2, -0.15) is 0 Å². The van der Waals surface area contributed by atoms with E-state index in [1.807, 2.05) is 7.05 Å². The fourth-order valence-electron chi connectivity index (χ4n) is 2.73. The largest absolute Gasteiger partial charge is 0.383 e. The number of nitrogens with one attached hydrogen (secondary N) is 2. The van der Waals surface area contributed by atoms with Gasteiger partial charge in [0.2, 0.25) is 0 Å². The number of aliphatic imine (C=N–C) groups is 1. The summed E-state index contributed by atoms with van der Waals surface area (Å²) in [6.45, 7) is 10.7. The molecule has 1 aliphatic heterocycles. The fourth-order valence-corrected chi connectivity index (χ4v) is 2.73. The lowest BCUT2D eigenvalue weighted by Gasteiger charge is -2.25. The third-order valence-electron chi connectivity index (χ3n) is 4.19. The van der Waals surface area contributed by atoms with Gasteiger partial charge in [-0.15, -0.1) is 24.0 Å². The van der Waals surface area contributed by atoms with E-state index in [2.05, 4.69) is 34.4 Å². The Labute approximate surface area is 165 Å². The number of likely N-dealkylation sites (tertiary alicyclic amines) is 1. The van der Waals surface area contributed by atoms with E-state index in [0.717, 1.165) is 51.8 Å². The highest BCUT2D eigenvalue weighted by atomic mass is 127. The summed E-state index contributed by atoms with van der Waals surface area (Å²) in [4.78, 5) is 6.78. The molecule has 0 radical (unpaired) electrons. The summed E-state index contributed by atoms with van der Waals surface area (Å²) in [5.74, 6) is 1.56. The minimum absolute atomic E-state index is 0. The first kappa shape index (κ1) is 23.9. The van der Waals surface area contributed by atoms with Crippen molar-refractivity contribution in [3.63, 3.8) is 0 Å². The van der Waals surface area contributed by atoms with Crippen molar-refractivity contribution < 1.29 is 9.47 Å². The molecule has 7 heteroatoms. The van der Waals surface area contributed by atoms with Crippen LogP contribution in [0.3, 0.4) is 0 Å². The van der Waals surface area contributed by atoms with Crippen LogP contribution in [-0.4, -0.2) is 77.1 Å². The SMILES string of the molecule is CN=C(NCCOCCC(C)C)NCC1CCCN1CCOC.I. The molecule has 1 atom stereocenters. The summed E-state index contributed by atoms with van der Waals surface area (Å²) >= 11 is 0. The summed E-state index contributed by atoms with van der Waals surface area (Å²) in [5.41, 5.74) is 0. The van der Waals surface area contributed by atoms with Gasteiger partial charge in [0.15, 0.2) is 5.96 Å². The topological polar surface area (TPSA) is 58.1 Å². The molecule has 1 fully saturated rings. The molecule has 2 N–H and O–H groups in total. The van der Waals surface area contributed by atoms with Crippen molar-refractivity contribution in [3.8, 4) is 0 Å². The molecule has 6 nitrogen and oxygen atoms in total. The molecule has 1 rings (SSSR count). The molecule has 1 aliphatic rings. The second-order valence-corrected chi connectivity index (χ2v) is 6.50. The van der Waals surface area contributed by atoms with Gasteiger partial charge in [0.1, 0.15) is 0 Å². The van der Waals surface area contributed by atoms with E-state index in [1.165, 1.54) is 19.4 Å². The Morgan fingerprint density at radius 1 is 1.25 bits per heavy atom. The number of hydrogen-bond acceptors (Lipinski definition) is 4. The molecular weight excluding hydrogens is 419 g/mol. The maximum Gasteiger partial charge on any atom is 0.191 e. The fraction of sp³-hybridized carbons (Fsp3) is 0.941. The zero-order valence-electron chi connectivity index (χ0n) is 15.8. The second kappa shape index (κ2) is 15.2. The van der Waals surface area contributed by atoms with Crippen molar-refractivity contribution in [2.75, 3.05) is 60.2 Å². The lowest BCUT2D eigenvalue weighted by Crippen LogP contribution is -2.46. The minimum atomic E-state index is 0. The van der Waals surface area contributed by atoms with Crippen LogP contribution in [0.5, 0.6) is 0 Å². The molecule has 1 heterocycles. The molecule has 0 aliphatic carbocycles. The molecule has 1 saturated heterocycles. The van der Waals surface area contributed by atoms with Crippen LogP contribution in [0.1, 0.15) is 33.1 Å². The first-order chi connectivity index (χ1) is 11.2. The van der Waals surface area contributed by atoms with Gasteiger partial charge in [0.05, 0.1) is 13.2 Å². The average Bonchev–Trinajstić information content (AvgIpc) is 2.98. The van der Waals surface area contributed by atoms with Crippen LogP contribution in [0.15, 0.2) is 4.99 Å². The Morgan fingerprint density at radius 3 is 2.71 bits per heavy atom.